The minimum absolute atomic E-state index is 0.167. The second-order valence-electron chi connectivity index (χ2n) is 5.90. The second-order valence-corrected chi connectivity index (χ2v) is 6.81. The van der Waals surface area contributed by atoms with Crippen molar-refractivity contribution in [2.45, 2.75) is 39.1 Å². The molecule has 0 saturated carbocycles. The number of hydrogen-bond acceptors (Lipinski definition) is 3. The fourth-order valence-electron chi connectivity index (χ4n) is 2.34. The molecule has 0 radical (unpaired) electrons. The fraction of sp³-hybridized carbons (Fsp3) is 0.316. The molecule has 1 unspecified atom stereocenters. The van der Waals surface area contributed by atoms with Crippen LogP contribution in [-0.2, 0) is 22.6 Å². The van der Waals surface area contributed by atoms with Crippen molar-refractivity contribution in [1.29, 1.82) is 0 Å². The Balaban J connectivity index is 2.04. The topological polar surface area (TPSA) is 55.8 Å². The Labute approximate surface area is 154 Å². The molecule has 0 fully saturated rings. The van der Waals surface area contributed by atoms with Gasteiger partial charge in [0.1, 0.15) is 6.61 Å². The molecule has 0 bridgehead atoms. The molecule has 6 heteroatoms. The molecule has 2 rings (SSSR count). The lowest BCUT2D eigenvalue weighted by Crippen LogP contribution is -2.29. The predicted molar refractivity (Wildman–Crippen MR) is 96.2 cm³/mol. The first-order valence-electron chi connectivity index (χ1n) is 7.89. The molecule has 0 aliphatic heterocycles. The maximum atomic E-state index is 13.8. The van der Waals surface area contributed by atoms with Crippen LogP contribution in [0.3, 0.4) is 0 Å². The molecule has 0 aliphatic rings. The summed E-state index contributed by atoms with van der Waals surface area (Å²) in [4.78, 5) is 11.3. The van der Waals surface area contributed by atoms with E-state index in [9.17, 15) is 14.3 Å². The van der Waals surface area contributed by atoms with Gasteiger partial charge in [-0.1, -0.05) is 40.2 Å². The van der Waals surface area contributed by atoms with Gasteiger partial charge >= 0.3 is 5.97 Å². The van der Waals surface area contributed by atoms with Crippen molar-refractivity contribution in [3.8, 4) is 5.75 Å². The van der Waals surface area contributed by atoms with Gasteiger partial charge in [-0.05, 0) is 43.2 Å². The Hall–Kier alpha value is -1.92. The van der Waals surface area contributed by atoms with Crippen LogP contribution in [0, 0.1) is 5.82 Å². The third-order valence-corrected chi connectivity index (χ3v) is 3.91. The number of benzene rings is 2. The van der Waals surface area contributed by atoms with E-state index in [0.29, 0.717) is 4.47 Å². The highest BCUT2D eigenvalue weighted by atomic mass is 79.9. The highest BCUT2D eigenvalue weighted by molar-refractivity contribution is 9.10. The number of aliphatic carboxylic acids is 1. The zero-order valence-electron chi connectivity index (χ0n) is 14.0. The van der Waals surface area contributed by atoms with Gasteiger partial charge in [0.25, 0.3) is 0 Å². The summed E-state index contributed by atoms with van der Waals surface area (Å²) in [5.74, 6) is -1.27. The Morgan fingerprint density at radius 3 is 2.56 bits per heavy atom. The third-order valence-electron chi connectivity index (χ3n) is 3.41. The molecule has 4 nitrogen and oxygen atoms in total. The van der Waals surface area contributed by atoms with Gasteiger partial charge in [-0.15, -0.1) is 0 Å². The summed E-state index contributed by atoms with van der Waals surface area (Å²) in [6, 6.07) is 11.9. The van der Waals surface area contributed by atoms with Crippen molar-refractivity contribution in [3.05, 3.63) is 63.9 Å². The maximum absolute atomic E-state index is 13.8. The molecule has 0 saturated heterocycles. The summed E-state index contributed by atoms with van der Waals surface area (Å²) in [5, 5.41) is 9.26. The molecule has 0 spiro atoms. The molecule has 0 aromatic heterocycles. The van der Waals surface area contributed by atoms with Crippen molar-refractivity contribution in [2.75, 3.05) is 0 Å². The van der Waals surface area contributed by atoms with Crippen molar-refractivity contribution in [1.82, 2.24) is 0 Å². The van der Waals surface area contributed by atoms with Crippen molar-refractivity contribution in [2.24, 2.45) is 0 Å². The minimum Gasteiger partial charge on any atom is -0.486 e. The van der Waals surface area contributed by atoms with Crippen molar-refractivity contribution < 1.29 is 23.8 Å². The molecule has 2 aromatic rings. The average molecular weight is 411 g/mol. The lowest BCUT2D eigenvalue weighted by molar-refractivity contribution is -0.153. The molecule has 1 atom stereocenters. The Morgan fingerprint density at radius 1 is 1.20 bits per heavy atom. The Morgan fingerprint density at radius 2 is 1.92 bits per heavy atom. The SMILES string of the molecule is CC(C)OC(Cc1cccc(COc2ccc(Br)cc2F)c1)C(=O)O. The second kappa shape index (κ2) is 8.97. The van der Waals surface area contributed by atoms with E-state index >= 15 is 0 Å². The van der Waals surface area contributed by atoms with Crippen LogP contribution >= 0.6 is 15.9 Å². The number of carbonyl (C=O) groups is 1. The molecule has 134 valence electrons. The van der Waals surface area contributed by atoms with Crippen LogP contribution in [0.15, 0.2) is 46.9 Å². The van der Waals surface area contributed by atoms with E-state index in [4.69, 9.17) is 9.47 Å². The maximum Gasteiger partial charge on any atom is 0.333 e. The molecule has 1 N–H and O–H groups in total. The van der Waals surface area contributed by atoms with Crippen LogP contribution in [0.25, 0.3) is 0 Å². The molecule has 25 heavy (non-hydrogen) atoms. The molecular weight excluding hydrogens is 391 g/mol. The van der Waals surface area contributed by atoms with Crippen LogP contribution in [0.4, 0.5) is 4.39 Å². The quantitative estimate of drug-likeness (QED) is 0.691. The van der Waals surface area contributed by atoms with Gasteiger partial charge in [0, 0.05) is 10.9 Å². The number of halogens is 2. The van der Waals surface area contributed by atoms with Gasteiger partial charge < -0.3 is 14.6 Å². The average Bonchev–Trinajstić information content (AvgIpc) is 2.53. The van der Waals surface area contributed by atoms with Gasteiger partial charge in [0.2, 0.25) is 0 Å². The normalized spacial score (nSPS) is 12.2. The highest BCUT2D eigenvalue weighted by Gasteiger charge is 2.20. The summed E-state index contributed by atoms with van der Waals surface area (Å²) >= 11 is 3.20. The van der Waals surface area contributed by atoms with Gasteiger partial charge in [-0.3, -0.25) is 0 Å². The zero-order chi connectivity index (χ0) is 18.4. The van der Waals surface area contributed by atoms with Crippen LogP contribution in [0.2, 0.25) is 0 Å². The first-order chi connectivity index (χ1) is 11.8. The number of rotatable bonds is 8. The van der Waals surface area contributed by atoms with E-state index < -0.39 is 17.9 Å². The fourth-order valence-corrected chi connectivity index (χ4v) is 2.67. The van der Waals surface area contributed by atoms with E-state index in [0.717, 1.165) is 11.1 Å². The Bertz CT molecular complexity index is 733. The summed E-state index contributed by atoms with van der Waals surface area (Å²) in [5.41, 5.74) is 1.65. The molecule has 0 aliphatic carbocycles. The number of hydrogen-bond donors (Lipinski definition) is 1. The lowest BCUT2D eigenvalue weighted by atomic mass is 10.0. The van der Waals surface area contributed by atoms with Gasteiger partial charge in [0.15, 0.2) is 17.7 Å². The first-order valence-corrected chi connectivity index (χ1v) is 8.68. The summed E-state index contributed by atoms with van der Waals surface area (Å²) < 4.78 is 25.4. The number of carboxylic acid groups (broad SMARTS) is 1. The first kappa shape index (κ1) is 19.4. The predicted octanol–water partition coefficient (Wildman–Crippen LogP) is 4.59. The smallest absolute Gasteiger partial charge is 0.333 e. The Kier molecular flexibility index (Phi) is 6.96. The third kappa shape index (κ3) is 6.14. The van der Waals surface area contributed by atoms with Crippen molar-refractivity contribution >= 4 is 21.9 Å². The van der Waals surface area contributed by atoms with Gasteiger partial charge in [-0.25, -0.2) is 9.18 Å². The number of carboxylic acids is 1. The van der Waals surface area contributed by atoms with E-state index in [1.165, 1.54) is 6.07 Å². The highest BCUT2D eigenvalue weighted by Crippen LogP contribution is 2.22. The zero-order valence-corrected chi connectivity index (χ0v) is 15.6. The van der Waals surface area contributed by atoms with E-state index in [-0.39, 0.29) is 24.9 Å². The van der Waals surface area contributed by atoms with E-state index in [1.807, 2.05) is 24.3 Å². The standard InChI is InChI=1S/C19H20BrFO4/c1-12(2)25-18(19(22)23)9-13-4-3-5-14(8-13)11-24-17-7-6-15(20)10-16(17)21/h3-8,10,12,18H,9,11H2,1-2H3,(H,22,23). The van der Waals surface area contributed by atoms with Gasteiger partial charge in [0.05, 0.1) is 6.10 Å². The molecular formula is C19H20BrFO4. The molecule has 0 amide bonds. The summed E-state index contributed by atoms with van der Waals surface area (Å²) in [7, 11) is 0. The van der Waals surface area contributed by atoms with Gasteiger partial charge in [-0.2, -0.15) is 0 Å². The summed E-state index contributed by atoms with van der Waals surface area (Å²) in [6.07, 6.45) is -0.818. The largest absolute Gasteiger partial charge is 0.486 e. The van der Waals surface area contributed by atoms with E-state index in [1.54, 1.807) is 26.0 Å². The van der Waals surface area contributed by atoms with Crippen LogP contribution < -0.4 is 4.74 Å². The lowest BCUT2D eigenvalue weighted by Gasteiger charge is -2.17. The van der Waals surface area contributed by atoms with Crippen LogP contribution in [-0.4, -0.2) is 23.3 Å². The summed E-state index contributed by atoms with van der Waals surface area (Å²) in [6.45, 7) is 3.79. The molecule has 2 aromatic carbocycles. The number of ether oxygens (including phenoxy) is 2. The van der Waals surface area contributed by atoms with Crippen LogP contribution in [0.5, 0.6) is 5.75 Å². The monoisotopic (exact) mass is 410 g/mol. The molecule has 0 heterocycles. The minimum atomic E-state index is -0.993. The van der Waals surface area contributed by atoms with Crippen LogP contribution in [0.1, 0.15) is 25.0 Å². The van der Waals surface area contributed by atoms with E-state index in [2.05, 4.69) is 15.9 Å². The van der Waals surface area contributed by atoms with Crippen molar-refractivity contribution in [3.63, 3.8) is 0 Å².